The highest BCUT2D eigenvalue weighted by Gasteiger charge is 2.45. The second kappa shape index (κ2) is 11.7. The second-order valence-electron chi connectivity index (χ2n) is 11.1. The Morgan fingerprint density at radius 1 is 1.15 bits per heavy atom. The maximum atomic E-state index is 13.7. The molecule has 4 aromatic rings. The molecule has 0 radical (unpaired) electrons. The molecule has 0 aliphatic carbocycles. The van der Waals surface area contributed by atoms with Crippen LogP contribution < -0.4 is 5.32 Å². The van der Waals surface area contributed by atoms with Gasteiger partial charge in [-0.05, 0) is 85.6 Å². The van der Waals surface area contributed by atoms with Crippen LogP contribution in [0.3, 0.4) is 0 Å². The predicted octanol–water partition coefficient (Wildman–Crippen LogP) is 5.11. The molecule has 1 unspecified atom stereocenters. The molecule has 1 atom stereocenters. The van der Waals surface area contributed by atoms with Crippen molar-refractivity contribution in [2.24, 2.45) is 5.41 Å². The number of carbonyl (C=O) groups excluding carboxylic acids is 2. The maximum absolute atomic E-state index is 13.7. The summed E-state index contributed by atoms with van der Waals surface area (Å²) in [5.41, 5.74) is 2.17. The van der Waals surface area contributed by atoms with Crippen LogP contribution in [0, 0.1) is 11.2 Å². The molecular weight excluding hydrogens is 541 g/mol. The topological polar surface area (TPSA) is 90.6 Å². The molecule has 2 aliphatic heterocycles. The van der Waals surface area contributed by atoms with Crippen molar-refractivity contribution in [3.8, 4) is 11.3 Å². The van der Waals surface area contributed by atoms with Gasteiger partial charge in [0.25, 0.3) is 0 Å². The van der Waals surface area contributed by atoms with E-state index in [0.29, 0.717) is 43.4 Å². The molecule has 2 aromatic heterocycles. The first-order valence-electron chi connectivity index (χ1n) is 14.0. The van der Waals surface area contributed by atoms with E-state index in [1.807, 2.05) is 23.1 Å². The first-order valence-corrected chi connectivity index (χ1v) is 14.9. The lowest BCUT2D eigenvalue weighted by atomic mass is 9.86. The van der Waals surface area contributed by atoms with Gasteiger partial charge < -0.3 is 15.0 Å². The number of thiophene rings is 1. The molecule has 214 valence electrons. The van der Waals surface area contributed by atoms with Crippen LogP contribution >= 0.6 is 11.3 Å². The van der Waals surface area contributed by atoms with Gasteiger partial charge in [-0.15, -0.1) is 11.3 Å². The third-order valence-corrected chi connectivity index (χ3v) is 9.46. The summed E-state index contributed by atoms with van der Waals surface area (Å²) >= 11 is 1.80. The highest BCUT2D eigenvalue weighted by atomic mass is 32.1. The molecule has 2 saturated heterocycles. The molecule has 8 nitrogen and oxygen atoms in total. The number of fused-ring (bicyclic) bond motifs is 1. The minimum atomic E-state index is -0.758. The number of halogens is 1. The van der Waals surface area contributed by atoms with Crippen molar-refractivity contribution in [1.29, 1.82) is 0 Å². The van der Waals surface area contributed by atoms with E-state index in [4.69, 9.17) is 4.74 Å². The van der Waals surface area contributed by atoms with Gasteiger partial charge in [-0.1, -0.05) is 6.07 Å². The van der Waals surface area contributed by atoms with Gasteiger partial charge in [0.15, 0.2) is 0 Å². The van der Waals surface area contributed by atoms with Crippen molar-refractivity contribution in [3.63, 3.8) is 0 Å². The predicted molar refractivity (Wildman–Crippen MR) is 158 cm³/mol. The van der Waals surface area contributed by atoms with Crippen molar-refractivity contribution in [2.75, 3.05) is 51.8 Å². The van der Waals surface area contributed by atoms with E-state index in [9.17, 15) is 14.0 Å². The molecule has 0 saturated carbocycles. The number of rotatable bonds is 8. The summed E-state index contributed by atoms with van der Waals surface area (Å²) in [5.74, 6) is 0.229. The van der Waals surface area contributed by atoms with Gasteiger partial charge in [-0.25, -0.2) is 4.39 Å². The van der Waals surface area contributed by atoms with Crippen molar-refractivity contribution in [1.82, 2.24) is 20.0 Å². The van der Waals surface area contributed by atoms with Crippen molar-refractivity contribution in [3.05, 3.63) is 70.7 Å². The number of ether oxygens (including phenoxy) is 1. The Balaban J connectivity index is 1.10. The van der Waals surface area contributed by atoms with E-state index in [1.54, 1.807) is 30.6 Å². The Morgan fingerprint density at radius 2 is 1.95 bits per heavy atom. The summed E-state index contributed by atoms with van der Waals surface area (Å²) in [6, 6.07) is 16.0. The average Bonchev–Trinajstić information content (AvgIpc) is 3.75. The van der Waals surface area contributed by atoms with Crippen LogP contribution in [0.1, 0.15) is 30.1 Å². The van der Waals surface area contributed by atoms with Gasteiger partial charge in [0.05, 0.1) is 29.8 Å². The van der Waals surface area contributed by atoms with Crippen LogP contribution in [-0.2, 0) is 14.3 Å². The van der Waals surface area contributed by atoms with Gasteiger partial charge in [-0.3, -0.25) is 19.6 Å². The summed E-state index contributed by atoms with van der Waals surface area (Å²) in [6.07, 6.45) is 2.59. The van der Waals surface area contributed by atoms with Crippen LogP contribution in [0.5, 0.6) is 0 Å². The quantitative estimate of drug-likeness (QED) is 0.305. The largest absolute Gasteiger partial charge is 0.384 e. The van der Waals surface area contributed by atoms with Gasteiger partial charge in [0.1, 0.15) is 5.82 Å². The number of anilines is 1. The van der Waals surface area contributed by atoms with Crippen LogP contribution in [0.15, 0.2) is 60.0 Å². The highest BCUT2D eigenvalue weighted by molar-refractivity contribution is 7.10. The molecule has 0 bridgehead atoms. The molecule has 6 rings (SSSR count). The highest BCUT2D eigenvalue weighted by Crippen LogP contribution is 2.35. The summed E-state index contributed by atoms with van der Waals surface area (Å²) in [7, 11) is 1.60. The zero-order chi connectivity index (χ0) is 28.4. The number of nitrogens with zero attached hydrogens (tertiary/aromatic N) is 3. The number of amides is 2. The molecule has 2 N–H and O–H groups in total. The monoisotopic (exact) mass is 575 g/mol. The summed E-state index contributed by atoms with van der Waals surface area (Å²) < 4.78 is 19.0. The third-order valence-electron chi connectivity index (χ3n) is 8.43. The van der Waals surface area contributed by atoms with Crippen LogP contribution in [0.4, 0.5) is 10.1 Å². The fourth-order valence-corrected chi connectivity index (χ4v) is 7.05. The Bertz CT molecular complexity index is 1510. The summed E-state index contributed by atoms with van der Waals surface area (Å²) in [6.45, 7) is 3.24. The first kappa shape index (κ1) is 27.6. The minimum Gasteiger partial charge on any atom is -0.384 e. The van der Waals surface area contributed by atoms with Gasteiger partial charge >= 0.3 is 0 Å². The normalized spacial score (nSPS) is 20.1. The lowest BCUT2D eigenvalue weighted by Gasteiger charge is -2.33. The van der Waals surface area contributed by atoms with Gasteiger partial charge in [-0.2, -0.15) is 5.10 Å². The molecule has 2 aliphatic rings. The SMILES string of the molecule is COCC1(C(=O)Nc2ccc3[nH]nc(-c4ccc(F)cc4)c3c2)CCN(CC(=O)N2CCC(c3cccs3)CC2)C1. The van der Waals surface area contributed by atoms with E-state index in [-0.39, 0.29) is 24.2 Å². The fraction of sp³-hybridized carbons (Fsp3) is 0.387. The first-order chi connectivity index (χ1) is 19.9. The van der Waals surface area contributed by atoms with Gasteiger partial charge in [0.2, 0.25) is 11.8 Å². The minimum absolute atomic E-state index is 0.127. The van der Waals surface area contributed by atoms with Crippen LogP contribution in [-0.4, -0.2) is 78.3 Å². The van der Waals surface area contributed by atoms with E-state index in [0.717, 1.165) is 42.4 Å². The number of carbonyl (C=O) groups is 2. The second-order valence-corrected chi connectivity index (χ2v) is 12.1. The number of H-pyrrole nitrogens is 1. The van der Waals surface area contributed by atoms with E-state index >= 15 is 0 Å². The van der Waals surface area contributed by atoms with Crippen molar-refractivity contribution in [2.45, 2.75) is 25.2 Å². The van der Waals surface area contributed by atoms with E-state index < -0.39 is 5.41 Å². The molecule has 41 heavy (non-hydrogen) atoms. The lowest BCUT2D eigenvalue weighted by molar-refractivity contribution is -0.134. The van der Waals surface area contributed by atoms with E-state index in [2.05, 4.69) is 37.9 Å². The zero-order valence-corrected chi connectivity index (χ0v) is 23.9. The molecule has 2 aromatic carbocycles. The number of hydrogen-bond acceptors (Lipinski definition) is 6. The van der Waals surface area contributed by atoms with E-state index in [1.165, 1.54) is 17.0 Å². The van der Waals surface area contributed by atoms with Crippen molar-refractivity contribution >= 4 is 39.7 Å². The Labute approximate surface area is 242 Å². The van der Waals surface area contributed by atoms with Crippen LogP contribution in [0.25, 0.3) is 22.2 Å². The number of benzene rings is 2. The number of likely N-dealkylation sites (tertiary alicyclic amines) is 2. The molecular formula is C31H34FN5O3S. The zero-order valence-electron chi connectivity index (χ0n) is 23.1. The van der Waals surface area contributed by atoms with Gasteiger partial charge in [0, 0.05) is 48.3 Å². The number of aromatic amines is 1. The summed E-state index contributed by atoms with van der Waals surface area (Å²) in [5, 5.41) is 13.5. The smallest absolute Gasteiger partial charge is 0.236 e. The standard InChI is InChI=1S/C31H34FN5O3S/c1-40-20-31(12-15-36(19-31)18-28(38)37-13-10-21(11-14-37)27-3-2-16-41-27)30(39)33-24-8-9-26-25(17-24)29(35-34-26)22-4-6-23(32)7-5-22/h2-9,16-17,21H,10-15,18-20H2,1H3,(H,33,39)(H,34,35). The molecule has 2 amide bonds. The molecule has 4 heterocycles. The Hall–Kier alpha value is -3.60. The number of aromatic nitrogens is 2. The van der Waals surface area contributed by atoms with Crippen molar-refractivity contribution < 1.29 is 18.7 Å². The molecule has 10 heteroatoms. The molecule has 2 fully saturated rings. The molecule has 0 spiro atoms. The number of nitrogens with one attached hydrogen (secondary N) is 2. The average molecular weight is 576 g/mol. The Kier molecular flexibility index (Phi) is 7.88. The third kappa shape index (κ3) is 5.77. The maximum Gasteiger partial charge on any atom is 0.236 e. The fourth-order valence-electron chi connectivity index (χ4n) is 6.15. The number of hydrogen-bond donors (Lipinski definition) is 2. The Morgan fingerprint density at radius 3 is 2.68 bits per heavy atom. The van der Waals surface area contributed by atoms with Crippen LogP contribution in [0.2, 0.25) is 0 Å². The number of methoxy groups -OCH3 is 1. The number of piperidine rings is 1. The summed E-state index contributed by atoms with van der Waals surface area (Å²) in [4.78, 5) is 32.3. The lowest BCUT2D eigenvalue weighted by Crippen LogP contribution is -2.46.